The zero-order valence-corrected chi connectivity index (χ0v) is 11.7. The van der Waals surface area contributed by atoms with Gasteiger partial charge in [-0.1, -0.05) is 0 Å². The number of aliphatic hydroxyl groups is 1. The molecule has 0 aromatic heterocycles. The van der Waals surface area contributed by atoms with E-state index in [1.807, 2.05) is 22.6 Å². The molecule has 90 valence electrons. The van der Waals surface area contributed by atoms with Crippen molar-refractivity contribution in [3.8, 4) is 0 Å². The van der Waals surface area contributed by atoms with Crippen LogP contribution >= 0.6 is 22.6 Å². The Hall–Kier alpha value is -0.560. The van der Waals surface area contributed by atoms with E-state index in [2.05, 4.69) is 0 Å². The van der Waals surface area contributed by atoms with Crippen molar-refractivity contribution in [2.24, 2.45) is 0 Å². The molecule has 0 aliphatic rings. The lowest BCUT2D eigenvalue weighted by Crippen LogP contribution is -2.36. The average Bonchev–Trinajstić information content (AvgIpc) is 2.08. The predicted octanol–water partition coefficient (Wildman–Crippen LogP) is 2.22. The molecule has 3 N–H and O–H groups in total. The van der Waals surface area contributed by atoms with Gasteiger partial charge in [0.15, 0.2) is 0 Å². The highest BCUT2D eigenvalue weighted by molar-refractivity contribution is 14.1. The summed E-state index contributed by atoms with van der Waals surface area (Å²) >= 11 is 1.90. The number of likely N-dealkylation sites (N-methyl/N-ethyl adjacent to an activating group) is 1. The fourth-order valence-corrected chi connectivity index (χ4v) is 2.04. The maximum absolute atomic E-state index is 13.4. The molecule has 0 aliphatic carbocycles. The minimum atomic E-state index is -0.847. The molecule has 0 amide bonds. The molecule has 0 atom stereocenters. The number of benzene rings is 1. The van der Waals surface area contributed by atoms with Gasteiger partial charge in [0.25, 0.3) is 0 Å². The summed E-state index contributed by atoms with van der Waals surface area (Å²) in [5.74, 6) is -0.299. The summed E-state index contributed by atoms with van der Waals surface area (Å²) in [6, 6.07) is 2.98. The Morgan fingerprint density at radius 1 is 1.50 bits per heavy atom. The van der Waals surface area contributed by atoms with Gasteiger partial charge in [0.1, 0.15) is 5.82 Å². The SMILES string of the molecule is CN(CC(C)(C)O)c1cc(F)c(I)cc1N. The van der Waals surface area contributed by atoms with Crippen molar-refractivity contribution in [2.45, 2.75) is 19.4 Å². The molecule has 3 nitrogen and oxygen atoms in total. The number of rotatable bonds is 3. The van der Waals surface area contributed by atoms with Crippen LogP contribution in [-0.4, -0.2) is 24.3 Å². The fourth-order valence-electron chi connectivity index (χ4n) is 1.55. The van der Waals surface area contributed by atoms with Crippen molar-refractivity contribution in [1.82, 2.24) is 0 Å². The lowest BCUT2D eigenvalue weighted by atomic mass is 10.1. The van der Waals surface area contributed by atoms with Gasteiger partial charge in [0, 0.05) is 19.7 Å². The molecule has 0 saturated carbocycles. The van der Waals surface area contributed by atoms with Crippen LogP contribution in [0.2, 0.25) is 0 Å². The topological polar surface area (TPSA) is 49.5 Å². The Kier molecular flexibility index (Phi) is 4.01. The second-order valence-corrected chi connectivity index (χ2v) is 5.66. The van der Waals surface area contributed by atoms with Gasteiger partial charge in [0.05, 0.1) is 20.5 Å². The molecule has 0 bridgehead atoms. The number of anilines is 2. The van der Waals surface area contributed by atoms with Crippen LogP contribution in [0.4, 0.5) is 15.8 Å². The third-order valence-corrected chi connectivity index (χ3v) is 2.93. The molecule has 0 saturated heterocycles. The Morgan fingerprint density at radius 3 is 2.56 bits per heavy atom. The summed E-state index contributed by atoms with van der Waals surface area (Å²) in [6.07, 6.45) is 0. The van der Waals surface area contributed by atoms with Gasteiger partial charge in [-0.05, 0) is 42.5 Å². The third kappa shape index (κ3) is 3.48. The van der Waals surface area contributed by atoms with E-state index in [9.17, 15) is 9.50 Å². The Labute approximate surface area is 109 Å². The van der Waals surface area contributed by atoms with E-state index < -0.39 is 5.60 Å². The highest BCUT2D eigenvalue weighted by Gasteiger charge is 2.18. The van der Waals surface area contributed by atoms with Crippen LogP contribution in [0.15, 0.2) is 12.1 Å². The van der Waals surface area contributed by atoms with Crippen LogP contribution in [0.3, 0.4) is 0 Å². The second kappa shape index (κ2) is 4.75. The maximum Gasteiger partial charge on any atom is 0.138 e. The van der Waals surface area contributed by atoms with Gasteiger partial charge < -0.3 is 15.7 Å². The maximum atomic E-state index is 13.4. The normalized spacial score (nSPS) is 11.6. The van der Waals surface area contributed by atoms with Gasteiger partial charge in [-0.2, -0.15) is 0 Å². The van der Waals surface area contributed by atoms with Crippen LogP contribution < -0.4 is 10.6 Å². The average molecular weight is 338 g/mol. The quantitative estimate of drug-likeness (QED) is 0.656. The van der Waals surface area contributed by atoms with Crippen LogP contribution in [0, 0.1) is 9.39 Å². The van der Waals surface area contributed by atoms with E-state index in [-0.39, 0.29) is 5.82 Å². The van der Waals surface area contributed by atoms with Crippen molar-refractivity contribution in [3.63, 3.8) is 0 Å². The number of nitrogens with zero attached hydrogens (tertiary/aromatic N) is 1. The summed E-state index contributed by atoms with van der Waals surface area (Å²) in [5, 5.41) is 9.69. The van der Waals surface area contributed by atoms with Crippen molar-refractivity contribution in [2.75, 3.05) is 24.2 Å². The molecule has 0 unspecified atom stereocenters. The zero-order valence-electron chi connectivity index (χ0n) is 9.59. The van der Waals surface area contributed by atoms with Crippen molar-refractivity contribution in [3.05, 3.63) is 21.5 Å². The summed E-state index contributed by atoms with van der Waals surface area (Å²) < 4.78 is 13.9. The highest BCUT2D eigenvalue weighted by atomic mass is 127. The first-order valence-corrected chi connectivity index (χ1v) is 5.96. The first-order valence-electron chi connectivity index (χ1n) is 4.89. The summed E-state index contributed by atoms with van der Waals surface area (Å²) in [6.45, 7) is 3.78. The summed E-state index contributed by atoms with van der Waals surface area (Å²) in [4.78, 5) is 1.74. The number of nitrogens with two attached hydrogens (primary N) is 1. The van der Waals surface area contributed by atoms with Crippen LogP contribution in [0.25, 0.3) is 0 Å². The predicted molar refractivity (Wildman–Crippen MR) is 73.1 cm³/mol. The van der Waals surface area contributed by atoms with Gasteiger partial charge in [-0.25, -0.2) is 4.39 Å². The minimum absolute atomic E-state index is 0.299. The monoisotopic (exact) mass is 338 g/mol. The second-order valence-electron chi connectivity index (χ2n) is 4.49. The Bertz CT molecular complexity index is 390. The molecule has 0 radical (unpaired) electrons. The van der Waals surface area contributed by atoms with E-state index in [1.165, 1.54) is 6.07 Å². The summed E-state index contributed by atoms with van der Waals surface area (Å²) in [7, 11) is 1.77. The lowest BCUT2D eigenvalue weighted by Gasteiger charge is -2.28. The molecule has 0 fully saturated rings. The zero-order chi connectivity index (χ0) is 12.5. The van der Waals surface area contributed by atoms with Crippen LogP contribution in [0.5, 0.6) is 0 Å². The van der Waals surface area contributed by atoms with Gasteiger partial charge in [-0.3, -0.25) is 0 Å². The molecule has 1 aromatic rings. The number of nitrogen functional groups attached to an aromatic ring is 1. The van der Waals surface area contributed by atoms with Crippen LogP contribution in [-0.2, 0) is 0 Å². The molecule has 0 spiro atoms. The molecule has 1 rings (SSSR count). The highest BCUT2D eigenvalue weighted by Crippen LogP contribution is 2.27. The number of halogens is 2. The van der Waals surface area contributed by atoms with Crippen molar-refractivity contribution in [1.29, 1.82) is 0 Å². The lowest BCUT2D eigenvalue weighted by molar-refractivity contribution is 0.0886. The molecule has 0 aliphatic heterocycles. The van der Waals surface area contributed by atoms with E-state index in [1.54, 1.807) is 31.9 Å². The molecule has 16 heavy (non-hydrogen) atoms. The molecule has 1 aromatic carbocycles. The van der Waals surface area contributed by atoms with Gasteiger partial charge >= 0.3 is 0 Å². The Morgan fingerprint density at radius 2 is 2.06 bits per heavy atom. The molecular weight excluding hydrogens is 322 g/mol. The molecule has 5 heteroatoms. The van der Waals surface area contributed by atoms with Crippen molar-refractivity contribution < 1.29 is 9.50 Å². The van der Waals surface area contributed by atoms with E-state index in [0.29, 0.717) is 21.5 Å². The number of hydrogen-bond donors (Lipinski definition) is 2. The van der Waals surface area contributed by atoms with E-state index >= 15 is 0 Å². The van der Waals surface area contributed by atoms with Crippen molar-refractivity contribution >= 4 is 34.0 Å². The third-order valence-electron chi connectivity index (χ3n) is 2.10. The first-order chi connectivity index (χ1) is 7.20. The smallest absolute Gasteiger partial charge is 0.138 e. The van der Waals surface area contributed by atoms with E-state index in [4.69, 9.17) is 5.73 Å². The fraction of sp³-hybridized carbons (Fsp3) is 0.455. The molecule has 0 heterocycles. The standard InChI is InChI=1S/C11H16FIN2O/c1-11(2,16)6-15(3)10-4-7(12)8(13)5-9(10)14/h4-5,16H,6,14H2,1-3H3. The first kappa shape index (κ1) is 13.5. The number of hydrogen-bond acceptors (Lipinski definition) is 3. The Balaban J connectivity index is 3.00. The minimum Gasteiger partial charge on any atom is -0.397 e. The van der Waals surface area contributed by atoms with Gasteiger partial charge in [-0.15, -0.1) is 0 Å². The van der Waals surface area contributed by atoms with Gasteiger partial charge in [0.2, 0.25) is 0 Å². The van der Waals surface area contributed by atoms with E-state index in [0.717, 1.165) is 0 Å². The summed E-state index contributed by atoms with van der Waals surface area (Å²) in [5.41, 5.74) is 6.08. The molecular formula is C11H16FIN2O. The largest absolute Gasteiger partial charge is 0.397 e. The van der Waals surface area contributed by atoms with Crippen LogP contribution in [0.1, 0.15) is 13.8 Å².